The number of rotatable bonds is 5. The van der Waals surface area contributed by atoms with E-state index in [2.05, 4.69) is 14.7 Å². The Kier molecular flexibility index (Phi) is 8.41. The monoisotopic (exact) mass is 634 g/mol. The van der Waals surface area contributed by atoms with Crippen molar-refractivity contribution >= 4 is 55.9 Å². The smallest absolute Gasteiger partial charge is 0.285 e. The molecule has 0 bridgehead atoms. The molecule has 5 aromatic carbocycles. The number of aliphatic imine (C=N–C) groups is 1. The van der Waals surface area contributed by atoms with Gasteiger partial charge in [0.15, 0.2) is 0 Å². The average Bonchev–Trinajstić information content (AvgIpc) is 3.51. The number of nitrogens with two attached hydrogens (primary N) is 1. The van der Waals surface area contributed by atoms with Crippen molar-refractivity contribution in [3.63, 3.8) is 0 Å². The number of carbonyl (C=O) groups excluding carboxylic acids is 1. The van der Waals surface area contributed by atoms with Crippen molar-refractivity contribution in [1.82, 2.24) is 10.3 Å². The number of guanidine groups is 2. The lowest BCUT2D eigenvalue weighted by atomic mass is 9.91. The molecule has 1 atom stereocenters. The molecule has 0 spiro atoms. The summed E-state index contributed by atoms with van der Waals surface area (Å²) < 4.78 is 31.6. The Morgan fingerprint density at radius 3 is 2.20 bits per heavy atom. The van der Waals surface area contributed by atoms with Crippen LogP contribution in [0.5, 0.6) is 0 Å². The molecule has 1 unspecified atom stereocenters. The third-order valence-electron chi connectivity index (χ3n) is 7.21. The average molecular weight is 635 g/mol. The topological polar surface area (TPSA) is 130 Å². The molecule has 1 aliphatic heterocycles. The second-order valence-corrected chi connectivity index (χ2v) is 12.3. The number of nitrogens with one attached hydrogen (secondary N) is 1. The van der Waals surface area contributed by atoms with Gasteiger partial charge in [-0.25, -0.2) is 5.01 Å². The highest BCUT2D eigenvalue weighted by molar-refractivity contribution is 7.90. The molecule has 0 saturated heterocycles. The molecule has 1 aliphatic rings. The summed E-state index contributed by atoms with van der Waals surface area (Å²) in [7, 11) is -4.30. The van der Waals surface area contributed by atoms with Crippen molar-refractivity contribution in [2.45, 2.75) is 10.8 Å². The first-order chi connectivity index (χ1) is 21.8. The van der Waals surface area contributed by atoms with E-state index >= 15 is 0 Å². The van der Waals surface area contributed by atoms with Gasteiger partial charge in [-0.1, -0.05) is 103 Å². The van der Waals surface area contributed by atoms with Gasteiger partial charge in [0.2, 0.25) is 5.96 Å². The molecule has 0 saturated carbocycles. The van der Waals surface area contributed by atoms with Crippen LogP contribution in [0.1, 0.15) is 27.4 Å². The molecule has 9 nitrogen and oxygen atoms in total. The minimum atomic E-state index is -4.30. The predicted molar refractivity (Wildman–Crippen MR) is 178 cm³/mol. The number of nitrogens with zero attached hydrogens (tertiary/aromatic N) is 4. The summed E-state index contributed by atoms with van der Waals surface area (Å²) in [6.45, 7) is 0.206. The fourth-order valence-electron chi connectivity index (χ4n) is 4.98. The van der Waals surface area contributed by atoms with Crippen molar-refractivity contribution in [3.05, 3.63) is 149 Å². The Balaban J connectivity index is 1.44. The lowest BCUT2D eigenvalue weighted by Gasteiger charge is -2.16. The van der Waals surface area contributed by atoms with Crippen LogP contribution in [0.4, 0.5) is 0 Å². The zero-order chi connectivity index (χ0) is 31.4. The molecule has 1 heterocycles. The number of amides is 1. The van der Waals surface area contributed by atoms with E-state index in [1.807, 2.05) is 66.7 Å². The standard InChI is InChI=1S/C34H27ClN6O3S/c35-28-18-15-25(16-19-28)31-30(24-10-3-1-4-11-24)22-41(39-31)34(38-33(36)37-32(42)26-12-5-2-6-13-26)40-45(43,44)29-20-17-23-9-7-8-14-27(23)21-29/h1-21,30H,22H2,(H3,36,37,38,40,42). The van der Waals surface area contributed by atoms with Gasteiger partial charge in [-0.15, -0.1) is 4.40 Å². The summed E-state index contributed by atoms with van der Waals surface area (Å²) in [6.07, 6.45) is 0. The molecule has 45 heavy (non-hydrogen) atoms. The Labute approximate surface area is 265 Å². The van der Waals surface area contributed by atoms with Crippen molar-refractivity contribution in [2.24, 2.45) is 20.2 Å². The number of hydrogen-bond donors (Lipinski definition) is 2. The maximum absolute atomic E-state index is 13.7. The Bertz CT molecular complexity index is 2070. The molecule has 224 valence electrons. The summed E-state index contributed by atoms with van der Waals surface area (Å²) in [4.78, 5) is 17.1. The quantitative estimate of drug-likeness (QED) is 0.187. The third kappa shape index (κ3) is 6.77. The number of carbonyl (C=O) groups is 1. The third-order valence-corrected chi connectivity index (χ3v) is 8.71. The first kappa shape index (κ1) is 29.7. The van der Waals surface area contributed by atoms with Crippen LogP contribution in [-0.4, -0.2) is 43.5 Å². The van der Waals surface area contributed by atoms with Crippen LogP contribution >= 0.6 is 11.6 Å². The van der Waals surface area contributed by atoms with E-state index in [0.29, 0.717) is 16.3 Å². The van der Waals surface area contributed by atoms with Gasteiger partial charge in [-0.3, -0.25) is 10.1 Å². The van der Waals surface area contributed by atoms with Gasteiger partial charge in [0.1, 0.15) is 0 Å². The molecule has 0 aromatic heterocycles. The molecule has 5 aromatic rings. The summed E-state index contributed by atoms with van der Waals surface area (Å²) in [6, 6.07) is 37.5. The van der Waals surface area contributed by atoms with E-state index in [1.165, 1.54) is 11.1 Å². The molecule has 0 fully saturated rings. The SMILES string of the molecule is N/C(=N\C(=N\S(=O)(=O)c1ccc2ccccc2c1)N1CC(c2ccccc2)C(c2ccc(Cl)cc2)=N1)NC(=O)c1ccccc1. The number of fused-ring (bicyclic) bond motifs is 1. The minimum absolute atomic E-state index is 0.0264. The molecule has 3 N–H and O–H groups in total. The molecular formula is C34H27ClN6O3S. The lowest BCUT2D eigenvalue weighted by Crippen LogP contribution is -2.39. The van der Waals surface area contributed by atoms with Gasteiger partial charge >= 0.3 is 0 Å². The van der Waals surface area contributed by atoms with Crippen molar-refractivity contribution in [2.75, 3.05) is 6.54 Å². The number of sulfonamides is 1. The number of halogens is 1. The highest BCUT2D eigenvalue weighted by Crippen LogP contribution is 2.30. The van der Waals surface area contributed by atoms with Gasteiger partial charge in [0, 0.05) is 16.5 Å². The number of hydrazone groups is 1. The van der Waals surface area contributed by atoms with E-state index in [-0.39, 0.29) is 29.3 Å². The highest BCUT2D eigenvalue weighted by Gasteiger charge is 2.33. The van der Waals surface area contributed by atoms with Gasteiger partial charge in [-0.05, 0) is 58.3 Å². The van der Waals surface area contributed by atoms with Gasteiger partial charge in [-0.2, -0.15) is 18.5 Å². The summed E-state index contributed by atoms with van der Waals surface area (Å²) >= 11 is 6.16. The van der Waals surface area contributed by atoms with Crippen LogP contribution in [0.15, 0.2) is 147 Å². The second-order valence-electron chi connectivity index (χ2n) is 10.2. The largest absolute Gasteiger partial charge is 0.369 e. The maximum atomic E-state index is 13.7. The Morgan fingerprint density at radius 1 is 0.844 bits per heavy atom. The molecule has 0 aliphatic carbocycles. The Morgan fingerprint density at radius 2 is 1.49 bits per heavy atom. The highest BCUT2D eigenvalue weighted by atomic mass is 35.5. The summed E-state index contributed by atoms with van der Waals surface area (Å²) in [5.74, 6) is -1.43. The molecule has 0 radical (unpaired) electrons. The van der Waals surface area contributed by atoms with Crippen LogP contribution in [0.3, 0.4) is 0 Å². The summed E-state index contributed by atoms with van der Waals surface area (Å²) in [5, 5.41) is 10.9. The first-order valence-electron chi connectivity index (χ1n) is 14.0. The van der Waals surface area contributed by atoms with E-state index in [0.717, 1.165) is 21.9 Å². The zero-order valence-electron chi connectivity index (χ0n) is 23.8. The minimum Gasteiger partial charge on any atom is -0.369 e. The van der Waals surface area contributed by atoms with Gasteiger partial charge in [0.25, 0.3) is 21.9 Å². The fourth-order valence-corrected chi connectivity index (χ4v) is 6.08. The molecular weight excluding hydrogens is 608 g/mol. The zero-order valence-corrected chi connectivity index (χ0v) is 25.4. The van der Waals surface area contributed by atoms with E-state index in [9.17, 15) is 13.2 Å². The van der Waals surface area contributed by atoms with E-state index in [1.54, 1.807) is 54.6 Å². The van der Waals surface area contributed by atoms with Crippen LogP contribution < -0.4 is 11.1 Å². The predicted octanol–water partition coefficient (Wildman–Crippen LogP) is 5.79. The maximum Gasteiger partial charge on any atom is 0.285 e. The van der Waals surface area contributed by atoms with Crippen LogP contribution in [0, 0.1) is 0 Å². The van der Waals surface area contributed by atoms with E-state index < -0.39 is 15.9 Å². The molecule has 6 rings (SSSR count). The second kappa shape index (κ2) is 12.7. The van der Waals surface area contributed by atoms with Crippen molar-refractivity contribution < 1.29 is 13.2 Å². The fraction of sp³-hybridized carbons (Fsp3) is 0.0588. The van der Waals surface area contributed by atoms with Crippen molar-refractivity contribution in [3.8, 4) is 0 Å². The van der Waals surface area contributed by atoms with Gasteiger partial charge in [0.05, 0.1) is 17.2 Å². The molecule has 11 heteroatoms. The van der Waals surface area contributed by atoms with E-state index in [4.69, 9.17) is 22.4 Å². The van der Waals surface area contributed by atoms with Crippen LogP contribution in [0.2, 0.25) is 5.02 Å². The van der Waals surface area contributed by atoms with Crippen LogP contribution in [-0.2, 0) is 10.0 Å². The van der Waals surface area contributed by atoms with Crippen LogP contribution in [0.25, 0.3) is 10.8 Å². The first-order valence-corrected chi connectivity index (χ1v) is 15.8. The Hall–Kier alpha value is -5.32. The molecule has 1 amide bonds. The van der Waals surface area contributed by atoms with Gasteiger partial charge < -0.3 is 5.73 Å². The number of benzene rings is 5. The normalized spacial score (nSPS) is 15.6. The summed E-state index contributed by atoms with van der Waals surface area (Å²) in [5.41, 5.74) is 8.94. The number of hydrogen-bond acceptors (Lipinski definition) is 4. The van der Waals surface area contributed by atoms with Crippen molar-refractivity contribution in [1.29, 1.82) is 0 Å². The lowest BCUT2D eigenvalue weighted by molar-refractivity contribution is 0.0976.